The Morgan fingerprint density at radius 2 is 0.738 bits per heavy atom. The average Bonchev–Trinajstić information content (AvgIpc) is 3.72. The Morgan fingerprint density at radius 1 is 0.393 bits per heavy atom. The highest BCUT2D eigenvalue weighted by Crippen LogP contribution is 2.46. The van der Waals surface area contributed by atoms with Crippen molar-refractivity contribution in [3.8, 4) is 56.8 Å². The van der Waals surface area contributed by atoms with Crippen LogP contribution in [0.15, 0.2) is 231 Å². The third-order valence-corrected chi connectivity index (χ3v) is 15.6. The van der Waals surface area contributed by atoms with Crippen LogP contribution in [0.25, 0.3) is 22.3 Å². The van der Waals surface area contributed by atoms with Crippen LogP contribution in [0.4, 0.5) is 0 Å². The van der Waals surface area contributed by atoms with Crippen molar-refractivity contribution >= 4 is 5.97 Å². The molecule has 0 aliphatic carbocycles. The first-order chi connectivity index (χ1) is 41.2. The van der Waals surface area contributed by atoms with Crippen LogP contribution >= 0.6 is 0 Å². The van der Waals surface area contributed by atoms with Crippen molar-refractivity contribution in [3.05, 3.63) is 297 Å². The van der Waals surface area contributed by atoms with Gasteiger partial charge in [-0.3, -0.25) is 0 Å². The Labute approximate surface area is 490 Å². The Hall–Kier alpha value is -9.65. The molecule has 0 spiro atoms. The van der Waals surface area contributed by atoms with Gasteiger partial charge in [0.05, 0.1) is 60.9 Å². The summed E-state index contributed by atoms with van der Waals surface area (Å²) in [5, 5.41) is 9.53. The van der Waals surface area contributed by atoms with E-state index in [4.69, 9.17) is 42.6 Å². The van der Waals surface area contributed by atoms with Crippen molar-refractivity contribution in [1.82, 2.24) is 0 Å². The van der Waals surface area contributed by atoms with E-state index in [1.54, 1.807) is 34.5 Å². The van der Waals surface area contributed by atoms with Gasteiger partial charge in [0.1, 0.15) is 58.9 Å². The van der Waals surface area contributed by atoms with Crippen molar-refractivity contribution in [2.45, 2.75) is 44.2 Å². The van der Waals surface area contributed by atoms with Crippen LogP contribution in [0, 0.1) is 0 Å². The average molecular weight is 1120 g/mol. The predicted molar refractivity (Wildman–Crippen MR) is 324 cm³/mol. The van der Waals surface area contributed by atoms with Crippen LogP contribution in [-0.2, 0) is 58.4 Å². The van der Waals surface area contributed by atoms with Gasteiger partial charge in [0.15, 0.2) is 0 Å². The number of rotatable bonds is 18. The van der Waals surface area contributed by atoms with Gasteiger partial charge in [-0.25, -0.2) is 4.79 Å². The van der Waals surface area contributed by atoms with E-state index >= 15 is 0 Å². The van der Waals surface area contributed by atoms with Gasteiger partial charge in [-0.1, -0.05) is 152 Å². The number of methoxy groups -OCH3 is 5. The van der Waals surface area contributed by atoms with Crippen LogP contribution in [0.1, 0.15) is 71.6 Å². The Bertz CT molecular complexity index is 3770. The van der Waals surface area contributed by atoms with Gasteiger partial charge in [-0.05, 0) is 151 Å². The zero-order valence-electron chi connectivity index (χ0n) is 47.5. The maximum atomic E-state index is 12.0. The number of carbonyl (C=O) groups excluding carboxylic acids is 1. The summed E-state index contributed by atoms with van der Waals surface area (Å²) in [4.78, 5) is 12.0. The maximum Gasteiger partial charge on any atom is 0.337 e. The van der Waals surface area contributed by atoms with Gasteiger partial charge in [0, 0.05) is 11.1 Å². The molecule has 0 atom stereocenters. The Kier molecular flexibility index (Phi) is 16.9. The van der Waals surface area contributed by atoms with E-state index in [-0.39, 0.29) is 12.6 Å². The van der Waals surface area contributed by atoms with Crippen molar-refractivity contribution in [3.63, 3.8) is 0 Å². The molecule has 10 aromatic rings. The molecule has 0 bridgehead atoms. The van der Waals surface area contributed by atoms with Gasteiger partial charge in [-0.2, -0.15) is 0 Å². The molecule has 11 nitrogen and oxygen atoms in total. The summed E-state index contributed by atoms with van der Waals surface area (Å²) in [7, 11) is 8.04. The van der Waals surface area contributed by atoms with Crippen LogP contribution < -0.4 is 28.4 Å². The number of esters is 1. The van der Waals surface area contributed by atoms with Crippen LogP contribution in [-0.4, -0.2) is 46.6 Å². The van der Waals surface area contributed by atoms with Crippen LogP contribution in [0.2, 0.25) is 0 Å². The molecule has 0 radical (unpaired) electrons. The molecule has 1 N–H and O–H groups in total. The summed E-state index contributed by atoms with van der Waals surface area (Å²) >= 11 is 0. The zero-order valence-corrected chi connectivity index (χ0v) is 47.5. The molecule has 2 aliphatic heterocycles. The summed E-state index contributed by atoms with van der Waals surface area (Å²) in [5.41, 5.74) is 13.7. The number of carbonyl (C=O) groups is 1. The predicted octanol–water partition coefficient (Wildman–Crippen LogP) is 14.8. The number of ether oxygens (including phenoxy) is 9. The molecule has 10 aromatic carbocycles. The lowest BCUT2D eigenvalue weighted by Gasteiger charge is -2.36. The second kappa shape index (κ2) is 25.2. The zero-order chi connectivity index (χ0) is 58.0. The van der Waals surface area contributed by atoms with Gasteiger partial charge in [0.2, 0.25) is 0 Å². The summed E-state index contributed by atoms with van der Waals surface area (Å²) in [6, 6.07) is 76.6. The highest BCUT2D eigenvalue weighted by atomic mass is 16.5. The molecule has 0 unspecified atom stereocenters. The normalized spacial score (nSPS) is 12.1. The summed E-state index contributed by atoms with van der Waals surface area (Å²) in [5.74, 6) is 4.34. The van der Waals surface area contributed by atoms with E-state index < -0.39 is 11.2 Å². The van der Waals surface area contributed by atoms with E-state index in [1.165, 1.54) is 7.11 Å². The largest absolute Gasteiger partial charge is 0.497 e. The molecular weight excluding hydrogens is 1050 g/mol. The molecule has 0 aromatic heterocycles. The number of benzene rings is 10. The third kappa shape index (κ3) is 11.3. The lowest BCUT2D eigenvalue weighted by atomic mass is 9.80. The fraction of sp³-hybridized carbons (Fsp3) is 0.164. The molecule has 0 saturated carbocycles. The molecule has 422 valence electrons. The lowest BCUT2D eigenvalue weighted by molar-refractivity contribution is 0.0000347. The van der Waals surface area contributed by atoms with E-state index in [0.29, 0.717) is 32.0 Å². The minimum atomic E-state index is -0.923. The standard InChI is InChI=1S/C37H32O6.C36H32O5/c1-39-31-15-11-29(12-16-31)37(28-7-5-4-6-8-28,30-13-17-32(40-2)18-14-30)43-23-25-9-19-34-33-20-10-26(36(38)41-3)22-27(33)24-42-35(34)21-25;1-38-31-14-10-29(11-15-31)36(28-6-4-3-5-7-28,30-12-16-32(39-2)17-13-30)41-23-26-9-19-34-33-18-8-25(22-37)20-27(33)24-40-35(34)21-26/h4-22H,23-24H2,1-3H3;3-21,37H,22-24H2,1-2H3. The second-order valence-electron chi connectivity index (χ2n) is 20.3. The van der Waals surface area contributed by atoms with Crippen molar-refractivity contribution < 1.29 is 52.5 Å². The SMILES string of the molecule is COC(=O)c1ccc2c(c1)COc1cc(COC(c3ccccc3)(c3ccc(OC)cc3)c3ccc(OC)cc3)ccc1-2.COc1ccc(C(OCc2ccc3c(c2)OCc2cc(CO)ccc2-3)(c2ccccc2)c2ccc(OC)cc2)cc1. The van der Waals surface area contributed by atoms with Crippen LogP contribution in [0.5, 0.6) is 34.5 Å². The maximum absolute atomic E-state index is 12.0. The quantitative estimate of drug-likeness (QED) is 0.0653. The molecule has 2 heterocycles. The second-order valence-corrected chi connectivity index (χ2v) is 20.3. The van der Waals surface area contributed by atoms with Gasteiger partial charge in [0.25, 0.3) is 0 Å². The Morgan fingerprint density at radius 3 is 1.11 bits per heavy atom. The molecule has 0 fully saturated rings. The highest BCUT2D eigenvalue weighted by molar-refractivity contribution is 5.91. The number of aliphatic hydroxyl groups is 1. The van der Waals surface area contributed by atoms with Crippen LogP contribution in [0.3, 0.4) is 0 Å². The number of aliphatic hydroxyl groups excluding tert-OH is 1. The first-order valence-corrected chi connectivity index (χ1v) is 27.6. The topological polar surface area (TPSA) is 120 Å². The van der Waals surface area contributed by atoms with E-state index in [2.05, 4.69) is 84.9 Å². The number of hydrogen-bond acceptors (Lipinski definition) is 11. The third-order valence-electron chi connectivity index (χ3n) is 15.6. The minimum Gasteiger partial charge on any atom is -0.497 e. The molecule has 0 amide bonds. The summed E-state index contributed by atoms with van der Waals surface area (Å²) < 4.78 is 53.1. The van der Waals surface area contributed by atoms with Crippen molar-refractivity contribution in [2.24, 2.45) is 0 Å². The molecule has 2 aliphatic rings. The molecule has 11 heteroatoms. The van der Waals surface area contributed by atoms with E-state index in [1.807, 2.05) is 140 Å². The Balaban J connectivity index is 0.000000176. The summed E-state index contributed by atoms with van der Waals surface area (Å²) in [6.07, 6.45) is 0. The molecule has 0 saturated heterocycles. The monoisotopic (exact) mass is 1120 g/mol. The lowest BCUT2D eigenvalue weighted by Crippen LogP contribution is -2.32. The fourth-order valence-electron chi connectivity index (χ4n) is 11.2. The van der Waals surface area contributed by atoms with E-state index in [9.17, 15) is 9.90 Å². The van der Waals surface area contributed by atoms with Gasteiger partial charge in [-0.15, -0.1) is 0 Å². The molecular formula is C73H64O11. The van der Waals surface area contributed by atoms with Gasteiger partial charge >= 0.3 is 5.97 Å². The smallest absolute Gasteiger partial charge is 0.337 e. The molecule has 12 rings (SSSR count). The fourth-order valence-corrected chi connectivity index (χ4v) is 11.2. The summed E-state index contributed by atoms with van der Waals surface area (Å²) in [6.45, 7) is 1.51. The first kappa shape index (κ1) is 56.2. The van der Waals surface area contributed by atoms with Crippen molar-refractivity contribution in [1.29, 1.82) is 0 Å². The van der Waals surface area contributed by atoms with E-state index in [0.717, 1.165) is 118 Å². The first-order valence-electron chi connectivity index (χ1n) is 27.6. The minimum absolute atomic E-state index is 0.0158. The van der Waals surface area contributed by atoms with Gasteiger partial charge < -0.3 is 47.7 Å². The van der Waals surface area contributed by atoms with Crippen molar-refractivity contribution in [2.75, 3.05) is 35.5 Å². The number of hydrogen-bond donors (Lipinski definition) is 1. The highest BCUT2D eigenvalue weighted by Gasteiger charge is 2.40. The number of fused-ring (bicyclic) bond motifs is 6. The molecule has 84 heavy (non-hydrogen) atoms.